The van der Waals surface area contributed by atoms with Crippen molar-refractivity contribution in [2.75, 3.05) is 0 Å². The maximum absolute atomic E-state index is 8.88. The van der Waals surface area contributed by atoms with Crippen LogP contribution in [-0.2, 0) is 4.57 Å². The minimum Gasteiger partial charge on any atom is -0.446 e. The maximum Gasteiger partial charge on any atom is 0.466 e. The van der Waals surface area contributed by atoms with Gasteiger partial charge in [-0.3, -0.25) is 5.10 Å². The van der Waals surface area contributed by atoms with E-state index < -0.39 is 7.82 Å². The number of phosphoric acid groups is 1. The number of pyridine rings is 1. The third kappa shape index (κ3) is 7.79. The number of aromatic amines is 1. The summed E-state index contributed by atoms with van der Waals surface area (Å²) < 4.78 is 13.9. The number of rotatable bonds is 0. The highest BCUT2D eigenvalue weighted by molar-refractivity contribution is 7.45. The van der Waals surface area contributed by atoms with E-state index in [0.717, 1.165) is 5.39 Å². The van der Waals surface area contributed by atoms with Gasteiger partial charge < -0.3 is 19.1 Å². The summed E-state index contributed by atoms with van der Waals surface area (Å²) in [6.07, 6.45) is 6.31. The van der Waals surface area contributed by atoms with E-state index in [1.165, 1.54) is 12.7 Å². The van der Waals surface area contributed by atoms with Gasteiger partial charge in [0.15, 0.2) is 0 Å². The molecule has 0 aliphatic carbocycles. The molecule has 3 rings (SSSR count). The van der Waals surface area contributed by atoms with E-state index >= 15 is 0 Å². The molecule has 0 spiro atoms. The number of furan rings is 1. The predicted molar refractivity (Wildman–Crippen MR) is 64.7 cm³/mol. The zero-order chi connectivity index (χ0) is 14.1. The molecule has 102 valence electrons. The number of nitrogens with one attached hydrogen (secondary N) is 1. The van der Waals surface area contributed by atoms with E-state index in [1.807, 2.05) is 18.2 Å². The van der Waals surface area contributed by atoms with Crippen LogP contribution in [0.1, 0.15) is 0 Å². The summed E-state index contributed by atoms with van der Waals surface area (Å²) in [7, 11) is -4.64. The average molecular weight is 286 g/mol. The van der Waals surface area contributed by atoms with Crippen LogP contribution in [0.15, 0.2) is 47.7 Å². The van der Waals surface area contributed by atoms with Gasteiger partial charge in [0.1, 0.15) is 12.7 Å². The van der Waals surface area contributed by atoms with Gasteiger partial charge in [-0.05, 0) is 18.2 Å². The van der Waals surface area contributed by atoms with E-state index in [9.17, 15) is 0 Å². The SMILES string of the molecule is O=P(O)(O)O.c1cnc2occc2c1.c1nc[nH]n1. The standard InChI is InChI=1S/C7H5NO.C2H3N3.H3O4P/c1-2-6-3-5-9-7(6)8-4-1;1-3-2-5-4-1;1-5(2,3)4/h1-5H;1-2H,(H,3,4,5);(H3,1,2,3,4). The van der Waals surface area contributed by atoms with Crippen LogP contribution in [0.3, 0.4) is 0 Å². The second-order valence-electron chi connectivity index (χ2n) is 2.98. The first-order chi connectivity index (χ1) is 8.97. The number of hydrogen-bond donors (Lipinski definition) is 4. The van der Waals surface area contributed by atoms with Crippen molar-refractivity contribution in [3.63, 3.8) is 0 Å². The average Bonchev–Trinajstić information content (AvgIpc) is 3.02. The minimum absolute atomic E-state index is 0.706. The van der Waals surface area contributed by atoms with Crippen molar-refractivity contribution < 1.29 is 23.7 Å². The quantitative estimate of drug-likeness (QED) is 0.442. The predicted octanol–water partition coefficient (Wildman–Crippen LogP) is 0.704. The summed E-state index contributed by atoms with van der Waals surface area (Å²) in [5.74, 6) is 0. The summed E-state index contributed by atoms with van der Waals surface area (Å²) >= 11 is 0. The Bertz CT molecular complexity index is 565. The highest BCUT2D eigenvalue weighted by Crippen LogP contribution is 2.25. The first kappa shape index (κ1) is 15.0. The third-order valence-corrected chi connectivity index (χ3v) is 1.56. The summed E-state index contributed by atoms with van der Waals surface area (Å²) in [4.78, 5) is 29.1. The van der Waals surface area contributed by atoms with Gasteiger partial charge in [0.25, 0.3) is 0 Å². The smallest absolute Gasteiger partial charge is 0.446 e. The molecule has 3 aromatic heterocycles. The molecule has 0 unspecified atom stereocenters. The normalized spacial score (nSPS) is 10.1. The molecule has 0 atom stereocenters. The van der Waals surface area contributed by atoms with Crippen molar-refractivity contribution in [3.05, 3.63) is 43.3 Å². The van der Waals surface area contributed by atoms with E-state index in [-0.39, 0.29) is 0 Å². The maximum atomic E-state index is 8.88. The first-order valence-corrected chi connectivity index (χ1v) is 6.38. The van der Waals surface area contributed by atoms with E-state index in [1.54, 1.807) is 12.5 Å². The van der Waals surface area contributed by atoms with Gasteiger partial charge >= 0.3 is 7.82 Å². The fraction of sp³-hybridized carbons (Fsp3) is 0. The second-order valence-corrected chi connectivity index (χ2v) is 4.01. The topological polar surface area (TPSA) is 145 Å². The minimum atomic E-state index is -4.64. The molecule has 0 saturated heterocycles. The Morgan fingerprint density at radius 2 is 2.00 bits per heavy atom. The molecule has 0 radical (unpaired) electrons. The molecule has 3 heterocycles. The lowest BCUT2D eigenvalue weighted by atomic mass is 10.4. The molecule has 0 fully saturated rings. The summed E-state index contributed by atoms with van der Waals surface area (Å²) in [5.41, 5.74) is 0.706. The van der Waals surface area contributed by atoms with E-state index in [2.05, 4.69) is 20.2 Å². The molecule has 9 nitrogen and oxygen atoms in total. The van der Waals surface area contributed by atoms with Crippen LogP contribution >= 0.6 is 7.82 Å². The summed E-state index contributed by atoms with van der Waals surface area (Å²) in [6, 6.07) is 5.74. The lowest BCUT2D eigenvalue weighted by Crippen LogP contribution is -1.66. The summed E-state index contributed by atoms with van der Waals surface area (Å²) in [5, 5.41) is 7.04. The highest BCUT2D eigenvalue weighted by atomic mass is 31.2. The van der Waals surface area contributed by atoms with Gasteiger partial charge in [0.05, 0.1) is 6.26 Å². The Hall–Kier alpha value is -2.06. The van der Waals surface area contributed by atoms with Gasteiger partial charge in [0, 0.05) is 11.6 Å². The summed E-state index contributed by atoms with van der Waals surface area (Å²) in [6.45, 7) is 0. The third-order valence-electron chi connectivity index (χ3n) is 1.56. The molecule has 0 saturated carbocycles. The molecule has 10 heteroatoms. The van der Waals surface area contributed by atoms with Gasteiger partial charge in [-0.15, -0.1) is 0 Å². The molecular formula is C9H11N4O5P. The molecule has 0 bridgehead atoms. The van der Waals surface area contributed by atoms with Crippen molar-refractivity contribution in [3.8, 4) is 0 Å². The van der Waals surface area contributed by atoms with Crippen LogP contribution in [0.25, 0.3) is 11.1 Å². The Morgan fingerprint density at radius 3 is 2.47 bits per heavy atom. The van der Waals surface area contributed by atoms with E-state index in [0.29, 0.717) is 5.71 Å². The van der Waals surface area contributed by atoms with Crippen molar-refractivity contribution in [2.45, 2.75) is 0 Å². The zero-order valence-corrected chi connectivity index (χ0v) is 10.4. The van der Waals surface area contributed by atoms with E-state index in [4.69, 9.17) is 23.7 Å². The lowest BCUT2D eigenvalue weighted by molar-refractivity contribution is 0.275. The number of fused-ring (bicyclic) bond motifs is 1. The molecule has 0 aliphatic rings. The second kappa shape index (κ2) is 7.39. The van der Waals surface area contributed by atoms with Crippen LogP contribution in [0.4, 0.5) is 0 Å². The molecule has 0 aromatic carbocycles. The Labute approximate surface area is 107 Å². The molecule has 3 aromatic rings. The highest BCUT2D eigenvalue weighted by Gasteiger charge is 2.00. The largest absolute Gasteiger partial charge is 0.466 e. The fourth-order valence-electron chi connectivity index (χ4n) is 0.967. The van der Waals surface area contributed by atoms with Crippen molar-refractivity contribution in [1.82, 2.24) is 20.2 Å². The van der Waals surface area contributed by atoms with Gasteiger partial charge in [-0.25, -0.2) is 14.5 Å². The molecule has 0 amide bonds. The molecule has 19 heavy (non-hydrogen) atoms. The number of hydrogen-bond acceptors (Lipinski definition) is 5. The number of aromatic nitrogens is 4. The Kier molecular flexibility index (Phi) is 5.83. The van der Waals surface area contributed by atoms with Crippen molar-refractivity contribution in [1.29, 1.82) is 0 Å². The van der Waals surface area contributed by atoms with Crippen molar-refractivity contribution in [2.24, 2.45) is 0 Å². The van der Waals surface area contributed by atoms with Crippen LogP contribution in [0, 0.1) is 0 Å². The number of H-pyrrole nitrogens is 1. The van der Waals surface area contributed by atoms with Crippen molar-refractivity contribution >= 4 is 18.9 Å². The first-order valence-electron chi connectivity index (χ1n) is 4.82. The molecule has 0 aliphatic heterocycles. The molecular weight excluding hydrogens is 275 g/mol. The fourth-order valence-corrected chi connectivity index (χ4v) is 0.967. The number of nitrogens with zero attached hydrogens (tertiary/aromatic N) is 3. The molecule has 4 N–H and O–H groups in total. The Morgan fingerprint density at radius 1 is 1.26 bits per heavy atom. The van der Waals surface area contributed by atoms with Gasteiger partial charge in [0.2, 0.25) is 5.71 Å². The van der Waals surface area contributed by atoms with Gasteiger partial charge in [-0.1, -0.05) is 0 Å². The zero-order valence-electron chi connectivity index (χ0n) is 9.49. The van der Waals surface area contributed by atoms with Crippen LogP contribution < -0.4 is 0 Å². The van der Waals surface area contributed by atoms with Crippen LogP contribution in [-0.4, -0.2) is 34.8 Å². The van der Waals surface area contributed by atoms with Crippen LogP contribution in [0.2, 0.25) is 0 Å². The van der Waals surface area contributed by atoms with Crippen LogP contribution in [0.5, 0.6) is 0 Å². The van der Waals surface area contributed by atoms with Gasteiger partial charge in [-0.2, -0.15) is 5.10 Å². The lowest BCUT2D eigenvalue weighted by Gasteiger charge is -1.82. The monoisotopic (exact) mass is 286 g/mol. The Balaban J connectivity index is 0.000000156.